The summed E-state index contributed by atoms with van der Waals surface area (Å²) >= 11 is 0. The maximum Gasteiger partial charge on any atom is 0.573 e. The van der Waals surface area contributed by atoms with Gasteiger partial charge < -0.3 is 23.7 Å². The van der Waals surface area contributed by atoms with Gasteiger partial charge in [-0.05, 0) is 288 Å². The lowest BCUT2D eigenvalue weighted by atomic mass is 9.98. The summed E-state index contributed by atoms with van der Waals surface area (Å²) in [5.41, 5.74) is 15.3. The highest BCUT2D eigenvalue weighted by Gasteiger charge is 2.36. The van der Waals surface area contributed by atoms with Crippen molar-refractivity contribution in [1.29, 1.82) is 0 Å². The van der Waals surface area contributed by atoms with Crippen molar-refractivity contribution in [2.24, 2.45) is 0 Å². The Morgan fingerprint density at radius 2 is 0.525 bits per heavy atom. The van der Waals surface area contributed by atoms with Crippen LogP contribution in [0.15, 0.2) is 273 Å². The Morgan fingerprint density at radius 1 is 0.227 bits per heavy atom. The fourth-order valence-corrected chi connectivity index (χ4v) is 16.4. The standard InChI is InChI=1S/C13H11F3O.2C13H11F3.2C13H12F2O.2C13H12F2.2C13H13FO/c1-8-3-4-10-5-9(2)7-12(11(10)6-8)17-13(14,15)16;1-8-3-6-11-10(7-8)5-4-9(2)12(11)13(14,15)16;1-8-3-4-10-5-9(2)7-12(11(10)6-8)13(14,15)16;1-8-3-6-11-10(7-8)5-4-9(2)12(11)16-13(14)15;1-8-3-4-10-5-9(2)7-12(11(10)6-8)16-13(14)15;1-8-3-6-11-10(7-8)5-4-9(2)12(11)13(14)15;1-8-3-4-10-5-9(2)7-12(13(14)15)11(10)6-8;1-9-3-6-12-11(7-9)5-4-10(2)13(12)15-8-14;1-9-3-4-11-5-10(2)7-13(15-8-14)12(11)6-9/h3-7H,1-2H3;2*3-7H,1-2H3;2*3-7,13H,1-2H3;2*3-7,13H,1-2H3;2*3-7H,8H2,1-2H3. The van der Waals surface area contributed by atoms with Crippen molar-refractivity contribution in [2.75, 3.05) is 13.7 Å². The summed E-state index contributed by atoms with van der Waals surface area (Å²) in [7, 11) is 0. The minimum atomic E-state index is -4.66. The third-order valence-corrected chi connectivity index (χ3v) is 22.8. The molecule has 0 N–H and O–H groups in total. The molecule has 5 nitrogen and oxygen atoms in total. The molecule has 0 bridgehead atoms. The third kappa shape index (κ3) is 30.0. The van der Waals surface area contributed by atoms with Crippen LogP contribution < -0.4 is 23.7 Å². The van der Waals surface area contributed by atoms with Crippen molar-refractivity contribution in [3.8, 4) is 28.7 Å². The van der Waals surface area contributed by atoms with Crippen molar-refractivity contribution in [3.63, 3.8) is 0 Å². The number of hydrogen-bond acceptors (Lipinski definition) is 5. The highest BCUT2D eigenvalue weighted by molar-refractivity contribution is 5.96. The molecule has 0 aliphatic carbocycles. The normalized spacial score (nSPS) is 11.3. The number of rotatable bonds is 11. The van der Waals surface area contributed by atoms with Crippen LogP contribution in [0.4, 0.5) is 83.4 Å². The molecule has 0 aliphatic heterocycles. The zero-order chi connectivity index (χ0) is 104. The van der Waals surface area contributed by atoms with E-state index in [1.165, 1.54) is 30.7 Å². The molecule has 0 fully saturated rings. The minimum absolute atomic E-state index is 0.133. The average Bonchev–Trinajstić information content (AvgIpc) is 0.778. The van der Waals surface area contributed by atoms with E-state index in [1.54, 1.807) is 120 Å². The van der Waals surface area contributed by atoms with Gasteiger partial charge in [-0.15, -0.1) is 13.2 Å². The van der Waals surface area contributed by atoms with Crippen molar-refractivity contribution in [2.45, 2.75) is 169 Å². The Balaban J connectivity index is 0.000000163. The first-order valence-electron chi connectivity index (χ1n) is 44.6. The van der Waals surface area contributed by atoms with E-state index < -0.39 is 69.6 Å². The first-order chi connectivity index (χ1) is 66.3. The second-order valence-electron chi connectivity index (χ2n) is 34.9. The average molecular weight is 1950 g/mol. The molecule has 0 aliphatic rings. The molecule has 0 aromatic heterocycles. The first-order valence-corrected chi connectivity index (χ1v) is 44.6. The largest absolute Gasteiger partial charge is 0.573 e. The van der Waals surface area contributed by atoms with Crippen LogP contribution in [-0.2, 0) is 12.4 Å². The van der Waals surface area contributed by atoms with E-state index >= 15 is 0 Å². The lowest BCUT2D eigenvalue weighted by Crippen LogP contribution is -2.17. The van der Waals surface area contributed by atoms with Crippen LogP contribution in [0, 0.1) is 125 Å². The lowest BCUT2D eigenvalue weighted by molar-refractivity contribution is -0.274. The van der Waals surface area contributed by atoms with E-state index in [0.29, 0.717) is 49.6 Å². The van der Waals surface area contributed by atoms with E-state index in [4.69, 9.17) is 9.47 Å². The Labute approximate surface area is 807 Å². The number of fused-ring (bicyclic) bond motifs is 9. The number of ether oxygens (including phenoxy) is 5. The summed E-state index contributed by atoms with van der Waals surface area (Å²) in [6, 6.07) is 82.0. The Hall–Kier alpha value is -14.0. The number of alkyl halides is 19. The zero-order valence-corrected chi connectivity index (χ0v) is 80.9. The predicted molar refractivity (Wildman–Crippen MR) is 534 cm³/mol. The van der Waals surface area contributed by atoms with Gasteiger partial charge in [-0.1, -0.05) is 280 Å². The van der Waals surface area contributed by atoms with Crippen molar-refractivity contribution < 1.29 is 107 Å². The van der Waals surface area contributed by atoms with Crippen LogP contribution >= 0.6 is 0 Å². The summed E-state index contributed by atoms with van der Waals surface area (Å²) in [5, 5.41) is 13.6. The highest BCUT2D eigenvalue weighted by Crippen LogP contribution is 2.42. The van der Waals surface area contributed by atoms with Gasteiger partial charge in [-0.3, -0.25) is 0 Å². The van der Waals surface area contributed by atoms with Crippen molar-refractivity contribution >= 4 is 97.0 Å². The molecule has 0 saturated carbocycles. The fourth-order valence-electron chi connectivity index (χ4n) is 16.4. The number of hydrogen-bond donors (Lipinski definition) is 0. The SMILES string of the molecule is Cc1cc(C(F)(F)F)c2cc(C)ccc2c1.Cc1cc(C(F)F)c2cc(C)ccc2c1.Cc1cc(OC(F)(F)F)c2cc(C)ccc2c1.Cc1cc(OC(F)F)c2cc(C)ccc2c1.Cc1cc(OCF)c2cc(C)ccc2c1.Cc1ccc2c(C(F)(F)F)c(C)ccc2c1.Cc1ccc2c(C(F)F)c(C)ccc2c1.Cc1ccc2c(OC(F)F)c(C)ccc2c1.Cc1ccc2c(OCF)c(C)ccc2c1. The molecule has 18 aromatic carbocycles. The summed E-state index contributed by atoms with van der Waals surface area (Å²) in [6.45, 7) is 26.1. The molecule has 0 amide bonds. The van der Waals surface area contributed by atoms with Crippen molar-refractivity contribution in [3.05, 3.63) is 395 Å². The highest BCUT2D eigenvalue weighted by atomic mass is 19.4. The summed E-state index contributed by atoms with van der Waals surface area (Å²) in [4.78, 5) is 0. The molecule has 24 heteroatoms. The monoisotopic (exact) mass is 1950 g/mol. The summed E-state index contributed by atoms with van der Waals surface area (Å²) in [5.74, 6) is 1.64. The lowest BCUT2D eigenvalue weighted by Gasteiger charge is -2.13. The van der Waals surface area contributed by atoms with Crippen LogP contribution in [0.25, 0.3) is 97.0 Å². The molecule has 0 radical (unpaired) electrons. The fraction of sp³-hybridized carbons (Fsp3) is 0.231. The minimum Gasteiger partial charge on any atom is -0.462 e. The maximum absolute atomic E-state index is 12.9. The molecule has 0 spiro atoms. The van der Waals surface area contributed by atoms with E-state index in [-0.39, 0.29) is 44.7 Å². The van der Waals surface area contributed by atoms with Crippen LogP contribution in [0.3, 0.4) is 0 Å². The van der Waals surface area contributed by atoms with Gasteiger partial charge in [-0.2, -0.15) is 43.9 Å². The zero-order valence-electron chi connectivity index (χ0n) is 80.9. The topological polar surface area (TPSA) is 46.2 Å². The Bertz CT molecular complexity index is 7380. The quantitative estimate of drug-likeness (QED) is 0.121. The van der Waals surface area contributed by atoms with Crippen LogP contribution in [-0.4, -0.2) is 33.3 Å². The number of aryl methyl sites for hydroxylation is 18. The van der Waals surface area contributed by atoms with Gasteiger partial charge in [0.1, 0.15) is 28.7 Å². The molecule has 0 atom stereocenters. The van der Waals surface area contributed by atoms with E-state index in [2.05, 4.69) is 26.3 Å². The van der Waals surface area contributed by atoms with E-state index in [1.807, 2.05) is 241 Å². The summed E-state index contributed by atoms with van der Waals surface area (Å²) < 4.78 is 262. The van der Waals surface area contributed by atoms with Crippen LogP contribution in [0.2, 0.25) is 0 Å². The summed E-state index contributed by atoms with van der Waals surface area (Å²) in [6.07, 6.45) is -18.1. The third-order valence-electron chi connectivity index (χ3n) is 22.8. The van der Waals surface area contributed by atoms with Gasteiger partial charge in [0.05, 0.1) is 11.1 Å². The van der Waals surface area contributed by atoms with Gasteiger partial charge in [0.15, 0.2) is 0 Å². The predicted octanol–water partition coefficient (Wildman–Crippen LogP) is 37.7. The molecule has 738 valence electrons. The molecular formula is C117H107F19O5. The molecular weight excluding hydrogens is 1850 g/mol. The second kappa shape index (κ2) is 47.8. The smallest absolute Gasteiger partial charge is 0.462 e. The van der Waals surface area contributed by atoms with Gasteiger partial charge in [0.25, 0.3) is 12.9 Å². The Kier molecular flexibility index (Phi) is 36.9. The van der Waals surface area contributed by atoms with Crippen LogP contribution in [0.1, 0.15) is 135 Å². The van der Waals surface area contributed by atoms with E-state index in [0.717, 1.165) is 137 Å². The van der Waals surface area contributed by atoms with Gasteiger partial charge in [0.2, 0.25) is 13.7 Å². The maximum atomic E-state index is 12.9. The molecule has 0 unspecified atom stereocenters. The molecule has 141 heavy (non-hydrogen) atoms. The number of halogens is 19. The second-order valence-corrected chi connectivity index (χ2v) is 34.9. The molecule has 18 aromatic rings. The van der Waals surface area contributed by atoms with Crippen molar-refractivity contribution in [1.82, 2.24) is 0 Å². The Morgan fingerprint density at radius 3 is 0.936 bits per heavy atom. The molecule has 18 rings (SSSR count). The number of benzene rings is 18. The van der Waals surface area contributed by atoms with Gasteiger partial charge >= 0.3 is 31.9 Å². The van der Waals surface area contributed by atoms with Gasteiger partial charge in [-0.25, -0.2) is 26.3 Å². The van der Waals surface area contributed by atoms with E-state index in [9.17, 15) is 83.4 Å². The van der Waals surface area contributed by atoms with Crippen LogP contribution in [0.5, 0.6) is 28.7 Å². The first kappa shape index (κ1) is 109. The molecule has 0 saturated heterocycles. The van der Waals surface area contributed by atoms with Gasteiger partial charge in [0, 0.05) is 38.1 Å². The molecule has 0 heterocycles.